The Morgan fingerprint density at radius 1 is 1.24 bits per heavy atom. The average Bonchev–Trinajstić information content (AvgIpc) is 3.03. The molecule has 1 fully saturated rings. The third-order valence-corrected chi connectivity index (χ3v) is 4.85. The molecule has 5 heteroatoms. The fraction of sp³-hybridized carbons (Fsp3) is 0.312. The van der Waals surface area contributed by atoms with Gasteiger partial charge in [0.25, 0.3) is 0 Å². The van der Waals surface area contributed by atoms with Crippen molar-refractivity contribution in [2.24, 2.45) is 0 Å². The van der Waals surface area contributed by atoms with Crippen LogP contribution in [0.15, 0.2) is 41.0 Å². The maximum absolute atomic E-state index is 5.92. The number of rotatable bonds is 4. The Bertz CT molecular complexity index is 627. The Morgan fingerprint density at radius 3 is 2.76 bits per heavy atom. The first kappa shape index (κ1) is 14.7. The van der Waals surface area contributed by atoms with E-state index in [4.69, 9.17) is 11.6 Å². The maximum atomic E-state index is 5.92. The van der Waals surface area contributed by atoms with Crippen LogP contribution in [0.3, 0.4) is 0 Å². The fourth-order valence-electron chi connectivity index (χ4n) is 2.64. The second-order valence-corrected chi connectivity index (χ2v) is 6.39. The predicted molar refractivity (Wildman–Crippen MR) is 92.2 cm³/mol. The molecule has 1 aromatic heterocycles. The lowest BCUT2D eigenvalue weighted by molar-refractivity contribution is 0.949. The van der Waals surface area contributed by atoms with Gasteiger partial charge in [-0.05, 0) is 46.5 Å². The summed E-state index contributed by atoms with van der Waals surface area (Å²) in [5.74, 6) is 0. The molecule has 0 unspecified atom stereocenters. The number of nitrogens with zero attached hydrogens (tertiary/aromatic N) is 2. The zero-order valence-corrected chi connectivity index (χ0v) is 14.0. The van der Waals surface area contributed by atoms with Crippen molar-refractivity contribution in [1.82, 2.24) is 4.98 Å². The van der Waals surface area contributed by atoms with Crippen LogP contribution in [-0.2, 0) is 6.54 Å². The zero-order valence-electron chi connectivity index (χ0n) is 11.6. The summed E-state index contributed by atoms with van der Waals surface area (Å²) in [7, 11) is 0. The van der Waals surface area contributed by atoms with E-state index in [2.05, 4.69) is 55.4 Å². The standard InChI is InChI=1S/C16H17BrClN3/c17-14-9-13(11-20-16(14)18)19-10-12-5-1-2-6-15(12)21-7-3-4-8-21/h1-2,5-6,9,11,19H,3-4,7-8,10H2. The summed E-state index contributed by atoms with van der Waals surface area (Å²) in [6, 6.07) is 10.5. The largest absolute Gasteiger partial charge is 0.380 e. The van der Waals surface area contributed by atoms with Crippen molar-refractivity contribution >= 4 is 38.9 Å². The molecule has 1 saturated heterocycles. The highest BCUT2D eigenvalue weighted by Gasteiger charge is 2.15. The summed E-state index contributed by atoms with van der Waals surface area (Å²) in [4.78, 5) is 6.60. The molecule has 1 N–H and O–H groups in total. The van der Waals surface area contributed by atoms with Gasteiger partial charge in [-0.1, -0.05) is 29.8 Å². The van der Waals surface area contributed by atoms with Crippen LogP contribution in [-0.4, -0.2) is 18.1 Å². The van der Waals surface area contributed by atoms with Crippen LogP contribution in [0.2, 0.25) is 5.15 Å². The van der Waals surface area contributed by atoms with E-state index >= 15 is 0 Å². The number of anilines is 2. The van der Waals surface area contributed by atoms with Crippen LogP contribution in [0.5, 0.6) is 0 Å². The van der Waals surface area contributed by atoms with Gasteiger partial charge in [0.05, 0.1) is 16.4 Å². The van der Waals surface area contributed by atoms with Crippen molar-refractivity contribution in [2.45, 2.75) is 19.4 Å². The molecule has 1 aromatic carbocycles. The molecule has 1 aliphatic heterocycles. The number of pyridine rings is 1. The van der Waals surface area contributed by atoms with E-state index in [9.17, 15) is 0 Å². The highest BCUT2D eigenvalue weighted by Crippen LogP contribution is 2.26. The predicted octanol–water partition coefficient (Wildman–Crippen LogP) is 4.71. The van der Waals surface area contributed by atoms with Gasteiger partial charge in [-0.25, -0.2) is 4.98 Å². The Hall–Kier alpha value is -1.26. The molecular formula is C16H17BrClN3. The number of benzene rings is 1. The highest BCUT2D eigenvalue weighted by molar-refractivity contribution is 9.10. The molecule has 0 saturated carbocycles. The lowest BCUT2D eigenvalue weighted by atomic mass is 10.1. The first-order valence-corrected chi connectivity index (χ1v) is 8.29. The molecule has 3 rings (SSSR count). The molecule has 0 atom stereocenters. The third kappa shape index (κ3) is 3.50. The van der Waals surface area contributed by atoms with E-state index in [-0.39, 0.29) is 0 Å². The van der Waals surface area contributed by atoms with Gasteiger partial charge in [-0.15, -0.1) is 0 Å². The summed E-state index contributed by atoms with van der Waals surface area (Å²) in [5.41, 5.74) is 3.61. The molecule has 110 valence electrons. The minimum atomic E-state index is 0.484. The quantitative estimate of drug-likeness (QED) is 0.794. The van der Waals surface area contributed by atoms with Crippen LogP contribution in [0.25, 0.3) is 0 Å². The minimum Gasteiger partial charge on any atom is -0.380 e. The van der Waals surface area contributed by atoms with E-state index < -0.39 is 0 Å². The van der Waals surface area contributed by atoms with E-state index in [1.165, 1.54) is 24.1 Å². The van der Waals surface area contributed by atoms with Crippen molar-refractivity contribution in [3.8, 4) is 0 Å². The van der Waals surface area contributed by atoms with E-state index in [0.29, 0.717) is 5.15 Å². The van der Waals surface area contributed by atoms with Crippen LogP contribution >= 0.6 is 27.5 Å². The van der Waals surface area contributed by atoms with Crippen molar-refractivity contribution in [3.05, 3.63) is 51.7 Å². The summed E-state index contributed by atoms with van der Waals surface area (Å²) in [6.45, 7) is 3.10. The minimum absolute atomic E-state index is 0.484. The monoisotopic (exact) mass is 365 g/mol. The van der Waals surface area contributed by atoms with Gasteiger partial charge in [0.15, 0.2) is 0 Å². The Balaban J connectivity index is 1.74. The van der Waals surface area contributed by atoms with Crippen LogP contribution in [0, 0.1) is 0 Å². The summed E-state index contributed by atoms with van der Waals surface area (Å²) in [5, 5.41) is 3.90. The summed E-state index contributed by atoms with van der Waals surface area (Å²) >= 11 is 9.31. The smallest absolute Gasteiger partial charge is 0.143 e. The number of nitrogens with one attached hydrogen (secondary N) is 1. The lowest BCUT2D eigenvalue weighted by Crippen LogP contribution is -2.19. The maximum Gasteiger partial charge on any atom is 0.143 e. The Labute approximate surface area is 138 Å². The molecule has 21 heavy (non-hydrogen) atoms. The Kier molecular flexibility index (Phi) is 4.66. The molecule has 0 radical (unpaired) electrons. The van der Waals surface area contributed by atoms with Crippen molar-refractivity contribution in [1.29, 1.82) is 0 Å². The SMILES string of the molecule is Clc1ncc(NCc2ccccc2N2CCCC2)cc1Br. The zero-order chi connectivity index (χ0) is 14.7. The van der Waals surface area contributed by atoms with Gasteiger partial charge in [-0.2, -0.15) is 0 Å². The molecule has 0 spiro atoms. The van der Waals surface area contributed by atoms with Crippen molar-refractivity contribution < 1.29 is 0 Å². The van der Waals surface area contributed by atoms with E-state index in [1.807, 2.05) is 6.07 Å². The molecule has 0 aliphatic carbocycles. The number of para-hydroxylation sites is 1. The highest BCUT2D eigenvalue weighted by atomic mass is 79.9. The van der Waals surface area contributed by atoms with Crippen LogP contribution < -0.4 is 10.2 Å². The summed E-state index contributed by atoms with van der Waals surface area (Å²) in [6.07, 6.45) is 4.33. The second-order valence-electron chi connectivity index (χ2n) is 5.17. The molecule has 1 aliphatic rings. The molecule has 0 amide bonds. The fourth-order valence-corrected chi connectivity index (χ4v) is 3.09. The average molecular weight is 367 g/mol. The van der Waals surface area contributed by atoms with Gasteiger partial charge in [-0.3, -0.25) is 0 Å². The van der Waals surface area contributed by atoms with Crippen molar-refractivity contribution in [3.63, 3.8) is 0 Å². The molecule has 0 bridgehead atoms. The van der Waals surface area contributed by atoms with Gasteiger partial charge in [0, 0.05) is 25.3 Å². The van der Waals surface area contributed by atoms with Gasteiger partial charge in [0.1, 0.15) is 5.15 Å². The Morgan fingerprint density at radius 2 is 2.00 bits per heavy atom. The second kappa shape index (κ2) is 6.67. The van der Waals surface area contributed by atoms with Gasteiger partial charge >= 0.3 is 0 Å². The lowest BCUT2D eigenvalue weighted by Gasteiger charge is -2.21. The summed E-state index contributed by atoms with van der Waals surface area (Å²) < 4.78 is 0.807. The van der Waals surface area contributed by atoms with Crippen LogP contribution in [0.1, 0.15) is 18.4 Å². The van der Waals surface area contributed by atoms with Crippen LogP contribution in [0.4, 0.5) is 11.4 Å². The number of aromatic nitrogens is 1. The van der Waals surface area contributed by atoms with E-state index in [1.54, 1.807) is 6.20 Å². The third-order valence-electron chi connectivity index (χ3n) is 3.72. The number of halogens is 2. The first-order chi connectivity index (χ1) is 10.2. The number of hydrogen-bond acceptors (Lipinski definition) is 3. The molecule has 3 nitrogen and oxygen atoms in total. The topological polar surface area (TPSA) is 28.2 Å². The number of hydrogen-bond donors (Lipinski definition) is 1. The first-order valence-electron chi connectivity index (χ1n) is 7.12. The molecule has 2 aromatic rings. The van der Waals surface area contributed by atoms with Gasteiger partial charge < -0.3 is 10.2 Å². The van der Waals surface area contributed by atoms with E-state index in [0.717, 1.165) is 29.8 Å². The van der Waals surface area contributed by atoms with Crippen molar-refractivity contribution in [2.75, 3.05) is 23.3 Å². The molecular weight excluding hydrogens is 350 g/mol. The van der Waals surface area contributed by atoms with Gasteiger partial charge in [0.2, 0.25) is 0 Å². The molecule has 2 heterocycles. The normalized spacial score (nSPS) is 14.5.